The maximum atomic E-state index is 13.1. The first-order valence-corrected chi connectivity index (χ1v) is 9.42. The lowest BCUT2D eigenvalue weighted by Gasteiger charge is -2.37. The summed E-state index contributed by atoms with van der Waals surface area (Å²) in [6.07, 6.45) is 4.49. The Labute approximate surface area is 150 Å². The van der Waals surface area contributed by atoms with Gasteiger partial charge in [0.25, 0.3) is 0 Å². The van der Waals surface area contributed by atoms with Crippen LogP contribution in [0.1, 0.15) is 45.1 Å². The van der Waals surface area contributed by atoms with Crippen LogP contribution in [0.15, 0.2) is 24.3 Å². The van der Waals surface area contributed by atoms with Gasteiger partial charge in [-0.25, -0.2) is 0 Å². The van der Waals surface area contributed by atoms with Crippen LogP contribution in [-0.2, 0) is 16.1 Å². The van der Waals surface area contributed by atoms with Crippen molar-refractivity contribution in [1.29, 1.82) is 0 Å². The molecule has 2 N–H and O–H groups in total. The summed E-state index contributed by atoms with van der Waals surface area (Å²) in [7, 11) is 0. The average molecular weight is 343 g/mol. The molecule has 2 aliphatic rings. The number of benzene rings is 1. The number of hydrogen-bond acceptors (Lipinski definition) is 3. The van der Waals surface area contributed by atoms with E-state index in [2.05, 4.69) is 10.6 Å². The largest absolute Gasteiger partial charge is 0.339 e. The van der Waals surface area contributed by atoms with Gasteiger partial charge in [0.2, 0.25) is 11.8 Å². The molecule has 1 heterocycles. The highest BCUT2D eigenvalue weighted by Gasteiger charge is 2.49. The van der Waals surface area contributed by atoms with Crippen molar-refractivity contribution in [2.24, 2.45) is 11.3 Å². The van der Waals surface area contributed by atoms with Gasteiger partial charge in [-0.2, -0.15) is 0 Å². The molecule has 0 spiro atoms. The standard InChI is InChI=1S/C20H29N3O2/c1-3-23(15(2)24)13-16-7-6-9-18(11-16)22-19(25)20-10-5-4-8-17(20)12-21-14-20/h6-7,9,11,17,21H,3-5,8,10,12-14H2,1-2H3,(H,22,25)/t17-,20+/m0/s1. The summed E-state index contributed by atoms with van der Waals surface area (Å²) in [6.45, 7) is 6.56. The van der Waals surface area contributed by atoms with E-state index in [9.17, 15) is 9.59 Å². The predicted octanol–water partition coefficient (Wildman–Crippen LogP) is 2.77. The molecule has 1 saturated carbocycles. The van der Waals surface area contributed by atoms with Crippen LogP contribution in [0.2, 0.25) is 0 Å². The van der Waals surface area contributed by atoms with Gasteiger partial charge in [-0.15, -0.1) is 0 Å². The monoisotopic (exact) mass is 343 g/mol. The van der Waals surface area contributed by atoms with E-state index in [1.807, 2.05) is 31.2 Å². The Morgan fingerprint density at radius 2 is 2.20 bits per heavy atom. The summed E-state index contributed by atoms with van der Waals surface area (Å²) >= 11 is 0. The second-order valence-electron chi connectivity index (χ2n) is 7.42. The molecule has 0 unspecified atom stereocenters. The third-order valence-electron chi connectivity index (χ3n) is 5.88. The Kier molecular flexibility index (Phi) is 5.42. The van der Waals surface area contributed by atoms with E-state index < -0.39 is 0 Å². The predicted molar refractivity (Wildman–Crippen MR) is 99.1 cm³/mol. The van der Waals surface area contributed by atoms with Crippen LogP contribution in [0, 0.1) is 11.3 Å². The quantitative estimate of drug-likeness (QED) is 0.864. The van der Waals surface area contributed by atoms with E-state index >= 15 is 0 Å². The summed E-state index contributed by atoms with van der Waals surface area (Å²) in [5.41, 5.74) is 1.62. The number of nitrogens with zero attached hydrogens (tertiary/aromatic N) is 1. The number of anilines is 1. The fourth-order valence-electron chi connectivity index (χ4n) is 4.36. The van der Waals surface area contributed by atoms with Crippen molar-refractivity contribution < 1.29 is 9.59 Å². The molecule has 1 aliphatic carbocycles. The molecular weight excluding hydrogens is 314 g/mol. The second-order valence-corrected chi connectivity index (χ2v) is 7.42. The summed E-state index contributed by atoms with van der Waals surface area (Å²) < 4.78 is 0. The highest BCUT2D eigenvalue weighted by molar-refractivity contribution is 5.96. The van der Waals surface area contributed by atoms with E-state index in [0.717, 1.165) is 43.6 Å². The van der Waals surface area contributed by atoms with Crippen LogP contribution < -0.4 is 10.6 Å². The van der Waals surface area contributed by atoms with Crippen LogP contribution >= 0.6 is 0 Å². The van der Waals surface area contributed by atoms with Crippen molar-refractivity contribution in [2.75, 3.05) is 25.0 Å². The normalized spacial score (nSPS) is 25.3. The van der Waals surface area contributed by atoms with Gasteiger partial charge in [0.05, 0.1) is 5.41 Å². The molecule has 2 fully saturated rings. The molecule has 3 rings (SSSR count). The zero-order valence-electron chi connectivity index (χ0n) is 15.3. The highest BCUT2D eigenvalue weighted by atomic mass is 16.2. The lowest BCUT2D eigenvalue weighted by molar-refractivity contribution is -0.129. The molecule has 136 valence electrons. The fraction of sp³-hybridized carbons (Fsp3) is 0.600. The van der Waals surface area contributed by atoms with E-state index in [1.165, 1.54) is 6.42 Å². The lowest BCUT2D eigenvalue weighted by Crippen LogP contribution is -2.44. The van der Waals surface area contributed by atoms with E-state index in [-0.39, 0.29) is 17.2 Å². The Morgan fingerprint density at radius 1 is 1.36 bits per heavy atom. The molecule has 25 heavy (non-hydrogen) atoms. The average Bonchev–Trinajstić information content (AvgIpc) is 3.05. The van der Waals surface area contributed by atoms with Gasteiger partial charge in [-0.05, 0) is 49.9 Å². The number of amides is 2. The minimum atomic E-state index is -0.247. The maximum absolute atomic E-state index is 13.1. The minimum absolute atomic E-state index is 0.0675. The van der Waals surface area contributed by atoms with Crippen LogP contribution in [0.3, 0.4) is 0 Å². The second kappa shape index (κ2) is 7.56. The van der Waals surface area contributed by atoms with Gasteiger partial charge in [-0.3, -0.25) is 9.59 Å². The van der Waals surface area contributed by atoms with Gasteiger partial charge >= 0.3 is 0 Å². The van der Waals surface area contributed by atoms with Gasteiger partial charge < -0.3 is 15.5 Å². The molecule has 1 aromatic rings. The Hall–Kier alpha value is -1.88. The van der Waals surface area contributed by atoms with Gasteiger partial charge in [0.1, 0.15) is 0 Å². The molecule has 2 atom stereocenters. The molecule has 1 saturated heterocycles. The van der Waals surface area contributed by atoms with Crippen LogP contribution in [-0.4, -0.2) is 36.3 Å². The molecule has 0 radical (unpaired) electrons. The van der Waals surface area contributed by atoms with E-state index in [1.54, 1.807) is 11.8 Å². The number of rotatable bonds is 5. The molecule has 5 nitrogen and oxygen atoms in total. The SMILES string of the molecule is CCN(Cc1cccc(NC(=O)[C@@]23CCCC[C@H]2CNC3)c1)C(C)=O. The molecular formula is C20H29N3O2. The Balaban J connectivity index is 1.71. The molecule has 1 aromatic carbocycles. The minimum Gasteiger partial charge on any atom is -0.339 e. The Morgan fingerprint density at radius 3 is 2.96 bits per heavy atom. The molecule has 0 bridgehead atoms. The first kappa shape index (κ1) is 17.9. The van der Waals surface area contributed by atoms with Crippen molar-refractivity contribution in [3.8, 4) is 0 Å². The van der Waals surface area contributed by atoms with Gasteiger partial charge in [0, 0.05) is 32.2 Å². The maximum Gasteiger partial charge on any atom is 0.232 e. The Bertz CT molecular complexity index is 646. The zero-order valence-corrected chi connectivity index (χ0v) is 15.3. The fourth-order valence-corrected chi connectivity index (χ4v) is 4.36. The summed E-state index contributed by atoms with van der Waals surface area (Å²) in [4.78, 5) is 26.5. The number of nitrogens with one attached hydrogen (secondary N) is 2. The van der Waals surface area contributed by atoms with E-state index in [4.69, 9.17) is 0 Å². The van der Waals surface area contributed by atoms with E-state index in [0.29, 0.717) is 19.0 Å². The molecule has 2 amide bonds. The number of hydrogen-bond donors (Lipinski definition) is 2. The number of carbonyl (C=O) groups is 2. The number of fused-ring (bicyclic) bond motifs is 1. The first-order valence-electron chi connectivity index (χ1n) is 9.42. The third-order valence-corrected chi connectivity index (χ3v) is 5.88. The van der Waals surface area contributed by atoms with Crippen LogP contribution in [0.25, 0.3) is 0 Å². The van der Waals surface area contributed by atoms with Crippen molar-refractivity contribution in [3.63, 3.8) is 0 Å². The van der Waals surface area contributed by atoms with Gasteiger partial charge in [-0.1, -0.05) is 25.0 Å². The van der Waals surface area contributed by atoms with Crippen LogP contribution in [0.4, 0.5) is 5.69 Å². The topological polar surface area (TPSA) is 61.4 Å². The van der Waals surface area contributed by atoms with Gasteiger partial charge in [0.15, 0.2) is 0 Å². The van der Waals surface area contributed by atoms with Crippen LogP contribution in [0.5, 0.6) is 0 Å². The third kappa shape index (κ3) is 3.71. The summed E-state index contributed by atoms with van der Waals surface area (Å²) in [5.74, 6) is 0.675. The lowest BCUT2D eigenvalue weighted by atomic mass is 9.67. The van der Waals surface area contributed by atoms with Crippen molar-refractivity contribution >= 4 is 17.5 Å². The first-order chi connectivity index (χ1) is 12.0. The molecule has 5 heteroatoms. The smallest absolute Gasteiger partial charge is 0.232 e. The van der Waals surface area contributed by atoms with Crippen molar-refractivity contribution in [2.45, 2.75) is 46.1 Å². The molecule has 1 aliphatic heterocycles. The summed E-state index contributed by atoms with van der Waals surface area (Å²) in [5, 5.41) is 6.58. The van der Waals surface area contributed by atoms with Crippen molar-refractivity contribution in [3.05, 3.63) is 29.8 Å². The molecule has 0 aromatic heterocycles. The number of carbonyl (C=O) groups excluding carboxylic acids is 2. The zero-order chi connectivity index (χ0) is 17.9. The highest BCUT2D eigenvalue weighted by Crippen LogP contribution is 2.44. The summed E-state index contributed by atoms with van der Waals surface area (Å²) in [6, 6.07) is 7.87. The van der Waals surface area contributed by atoms with Crippen molar-refractivity contribution in [1.82, 2.24) is 10.2 Å².